The summed E-state index contributed by atoms with van der Waals surface area (Å²) < 4.78 is 23.6. The van der Waals surface area contributed by atoms with Gasteiger partial charge in [0.1, 0.15) is 0 Å². The van der Waals surface area contributed by atoms with Crippen molar-refractivity contribution in [1.82, 2.24) is 19.8 Å². The number of hydrogen-bond donors (Lipinski definition) is 0. The maximum atomic E-state index is 13.9. The number of likely N-dealkylation sites (tertiary alicyclic amines) is 1. The van der Waals surface area contributed by atoms with Crippen molar-refractivity contribution in [2.75, 3.05) is 13.6 Å². The molecule has 0 aliphatic carbocycles. The predicted octanol–water partition coefficient (Wildman–Crippen LogP) is 6.00. The standard InChI is InChI=1S/C46H65N4O5S.Na/c1-11-46(9,37-22-24-47-25-23-37)31-38(49-26-12-13-41(49)51)27-35(34-16-20-40(21-17-34)56(54)55)28-43(3,4)36-18-14-33(15-19-36)32(2)42(52)48(10)39-29-44(5,6)50(53)45(7,8)30-39;/h14-25,32,35,38-39H,11-13,26-31H2,1-10H3,(H,54,55);/q-1;+1/p-1. The van der Waals surface area contributed by atoms with E-state index >= 15 is 0 Å². The van der Waals surface area contributed by atoms with E-state index in [1.165, 1.54) is 10.6 Å². The number of benzene rings is 2. The van der Waals surface area contributed by atoms with E-state index in [2.05, 4.69) is 74.0 Å². The molecule has 5 rings (SSSR count). The molecule has 0 spiro atoms. The molecule has 57 heavy (non-hydrogen) atoms. The van der Waals surface area contributed by atoms with Crippen LogP contribution in [0.1, 0.15) is 148 Å². The predicted molar refractivity (Wildman–Crippen MR) is 224 cm³/mol. The second kappa shape index (κ2) is 18.9. The number of hydrogen-bond acceptors (Lipinski definition) is 7. The molecule has 0 N–H and O–H groups in total. The van der Waals surface area contributed by atoms with Gasteiger partial charge in [-0.3, -0.25) is 18.8 Å². The largest absolute Gasteiger partial charge is 1.00 e. The molecule has 306 valence electrons. The van der Waals surface area contributed by atoms with Crippen molar-refractivity contribution >= 4 is 22.9 Å². The van der Waals surface area contributed by atoms with Crippen LogP contribution < -0.4 is 29.6 Å². The molecule has 0 radical (unpaired) electrons. The normalized spacial score (nSPS) is 20.6. The number of carbonyl (C=O) groups excluding carboxylic acids is 2. The summed E-state index contributed by atoms with van der Waals surface area (Å²) in [4.78, 5) is 35.8. The Morgan fingerprint density at radius 1 is 0.930 bits per heavy atom. The van der Waals surface area contributed by atoms with Gasteiger partial charge in [0.05, 0.1) is 5.92 Å². The fourth-order valence-corrected chi connectivity index (χ4v) is 10.1. The molecule has 0 saturated carbocycles. The van der Waals surface area contributed by atoms with Crippen molar-refractivity contribution in [3.63, 3.8) is 0 Å². The molecule has 5 unspecified atom stereocenters. The average Bonchev–Trinajstić information content (AvgIpc) is 3.61. The van der Waals surface area contributed by atoms with Crippen LogP contribution in [-0.2, 0) is 31.5 Å². The Labute approximate surface area is 366 Å². The number of hydroxylamine groups is 2. The average molecular weight is 808 g/mol. The fourth-order valence-electron chi connectivity index (χ4n) is 9.70. The molecule has 1 aromatic heterocycles. The maximum absolute atomic E-state index is 13.9. The number of aromatic nitrogens is 1. The molecule has 2 fully saturated rings. The number of carbonyl (C=O) groups is 2. The summed E-state index contributed by atoms with van der Waals surface area (Å²) in [6.45, 7) is 19.5. The summed E-state index contributed by atoms with van der Waals surface area (Å²) in [6, 6.07) is 19.8. The van der Waals surface area contributed by atoms with Crippen LogP contribution in [0.25, 0.3) is 0 Å². The van der Waals surface area contributed by atoms with Gasteiger partial charge in [-0.2, -0.15) is 0 Å². The van der Waals surface area contributed by atoms with E-state index in [4.69, 9.17) is 0 Å². The smallest absolute Gasteiger partial charge is 0.784 e. The number of likely N-dealkylation sites (N-methyl/N-ethyl adjacent to an activating group) is 1. The van der Waals surface area contributed by atoms with Crippen LogP contribution in [0.2, 0.25) is 0 Å². The molecular formula is C46H64N4NaO5S-. The molecule has 2 saturated heterocycles. The van der Waals surface area contributed by atoms with Crippen LogP contribution in [0.5, 0.6) is 0 Å². The molecule has 9 nitrogen and oxygen atoms in total. The van der Waals surface area contributed by atoms with Gasteiger partial charge in [-0.25, -0.2) is 0 Å². The Morgan fingerprint density at radius 2 is 1.49 bits per heavy atom. The van der Waals surface area contributed by atoms with E-state index in [1.54, 1.807) is 12.1 Å². The quantitative estimate of drug-likeness (QED) is 0.137. The Morgan fingerprint density at radius 3 is 2.00 bits per heavy atom. The molecule has 2 aliphatic heterocycles. The van der Waals surface area contributed by atoms with Crippen molar-refractivity contribution in [3.8, 4) is 0 Å². The third kappa shape index (κ3) is 10.8. The van der Waals surface area contributed by atoms with Crippen LogP contribution in [0.15, 0.2) is 78.0 Å². The summed E-state index contributed by atoms with van der Waals surface area (Å²) in [5.74, 6) is -0.0761. The van der Waals surface area contributed by atoms with E-state index < -0.39 is 22.2 Å². The third-order valence-electron chi connectivity index (χ3n) is 13.3. The van der Waals surface area contributed by atoms with Gasteiger partial charge in [0.25, 0.3) is 0 Å². The summed E-state index contributed by atoms with van der Waals surface area (Å²) in [6.07, 6.45) is 9.56. The molecule has 0 bridgehead atoms. The zero-order valence-corrected chi connectivity index (χ0v) is 39.2. The Bertz CT molecular complexity index is 1820. The first-order chi connectivity index (χ1) is 26.2. The van der Waals surface area contributed by atoms with Crippen LogP contribution in [0.3, 0.4) is 0 Å². The van der Waals surface area contributed by atoms with Crippen molar-refractivity contribution in [2.45, 2.75) is 164 Å². The minimum atomic E-state index is -2.32. The van der Waals surface area contributed by atoms with Gasteiger partial charge in [0.15, 0.2) is 0 Å². The second-order valence-corrected chi connectivity index (χ2v) is 19.7. The zero-order chi connectivity index (χ0) is 41.2. The van der Waals surface area contributed by atoms with Gasteiger partial charge >= 0.3 is 29.6 Å². The molecule has 3 heterocycles. The van der Waals surface area contributed by atoms with Crippen LogP contribution in [0, 0.1) is 5.21 Å². The Hall–Kier alpha value is -2.44. The van der Waals surface area contributed by atoms with Crippen molar-refractivity contribution < 1.29 is 47.9 Å². The molecular weight excluding hydrogens is 744 g/mol. The topological polar surface area (TPSA) is 120 Å². The third-order valence-corrected chi connectivity index (χ3v) is 13.9. The fraction of sp³-hybridized carbons (Fsp3) is 0.587. The van der Waals surface area contributed by atoms with Gasteiger partial charge in [0, 0.05) is 60.5 Å². The summed E-state index contributed by atoms with van der Waals surface area (Å²) in [5.41, 5.74) is 2.77. The van der Waals surface area contributed by atoms with E-state index in [0.717, 1.165) is 55.3 Å². The Kier molecular flexibility index (Phi) is 15.6. The van der Waals surface area contributed by atoms with E-state index in [1.807, 2.05) is 71.1 Å². The van der Waals surface area contributed by atoms with E-state index in [-0.39, 0.29) is 81.0 Å². The van der Waals surface area contributed by atoms with Gasteiger partial charge in [-0.15, -0.1) is 0 Å². The first kappa shape index (κ1) is 47.2. The van der Waals surface area contributed by atoms with Crippen LogP contribution >= 0.6 is 0 Å². The molecule has 2 aromatic carbocycles. The number of amides is 2. The van der Waals surface area contributed by atoms with Crippen LogP contribution in [-0.4, -0.2) is 77.2 Å². The number of piperidine rings is 1. The summed E-state index contributed by atoms with van der Waals surface area (Å²) in [5, 5.41) is 14.2. The number of nitrogens with zero attached hydrogens (tertiary/aromatic N) is 4. The summed E-state index contributed by atoms with van der Waals surface area (Å²) >= 11 is -2.32. The Balaban J connectivity index is 0.00000720. The van der Waals surface area contributed by atoms with Crippen molar-refractivity contribution in [3.05, 3.63) is 101 Å². The zero-order valence-electron chi connectivity index (χ0n) is 36.3. The summed E-state index contributed by atoms with van der Waals surface area (Å²) in [7, 11) is 1.87. The van der Waals surface area contributed by atoms with Gasteiger partial charge in [-0.05, 0) is 154 Å². The first-order valence-electron chi connectivity index (χ1n) is 20.4. The van der Waals surface area contributed by atoms with E-state index in [0.29, 0.717) is 19.3 Å². The van der Waals surface area contributed by atoms with Gasteiger partial charge in [-0.1, -0.05) is 64.1 Å². The molecule has 11 heteroatoms. The molecule has 2 amide bonds. The monoisotopic (exact) mass is 807 g/mol. The molecule has 5 atom stereocenters. The minimum absolute atomic E-state index is 0. The van der Waals surface area contributed by atoms with Gasteiger partial charge in [0.2, 0.25) is 11.8 Å². The van der Waals surface area contributed by atoms with Gasteiger partial charge < -0.3 is 24.6 Å². The van der Waals surface area contributed by atoms with E-state index in [9.17, 15) is 23.6 Å². The van der Waals surface area contributed by atoms with Crippen LogP contribution in [0.4, 0.5) is 0 Å². The second-order valence-electron chi connectivity index (χ2n) is 18.8. The SMILES string of the molecule is CCC(C)(CC(CC(CC(C)(C)c1ccc(C(C)C(=O)N(C)C2CC(C)(C)N([O-])C(C)(C)C2)cc1)c1ccc(S(=O)[O-])cc1)N1CCCC1=O)c1ccncc1.[Na+]. The minimum Gasteiger partial charge on any atom is -0.784 e. The molecule has 2 aliphatic rings. The number of rotatable bonds is 15. The maximum Gasteiger partial charge on any atom is 1.00 e. The number of pyridine rings is 1. The first-order valence-corrected chi connectivity index (χ1v) is 21.5. The van der Waals surface area contributed by atoms with Crippen molar-refractivity contribution in [2.24, 2.45) is 0 Å². The van der Waals surface area contributed by atoms with Crippen molar-refractivity contribution in [1.29, 1.82) is 0 Å². The molecule has 3 aromatic rings.